The van der Waals surface area contributed by atoms with Crippen molar-refractivity contribution < 1.29 is 27.5 Å². The van der Waals surface area contributed by atoms with E-state index in [-0.39, 0.29) is 18.4 Å². The second-order valence-electron chi connectivity index (χ2n) is 6.03. The Morgan fingerprint density at radius 1 is 1.14 bits per heavy atom. The molecule has 5 nitrogen and oxygen atoms in total. The molecule has 0 heterocycles. The number of carbonyl (C=O) groups excluding carboxylic acids is 2. The lowest BCUT2D eigenvalue weighted by molar-refractivity contribution is -0.145. The first-order chi connectivity index (χ1) is 13.2. The summed E-state index contributed by atoms with van der Waals surface area (Å²) in [4.78, 5) is 24.3. The van der Waals surface area contributed by atoms with Gasteiger partial charge in [0.05, 0.1) is 30.7 Å². The van der Waals surface area contributed by atoms with Gasteiger partial charge in [-0.1, -0.05) is 30.3 Å². The number of hydrogen-bond acceptors (Lipinski definition) is 4. The number of alkyl halides is 3. The van der Waals surface area contributed by atoms with Crippen LogP contribution in [0, 0.1) is 11.3 Å². The summed E-state index contributed by atoms with van der Waals surface area (Å²) in [6.45, 7) is 0. The van der Waals surface area contributed by atoms with Crippen LogP contribution in [0.4, 0.5) is 13.2 Å². The molecule has 0 unspecified atom stereocenters. The molecule has 0 spiro atoms. The summed E-state index contributed by atoms with van der Waals surface area (Å²) in [6.07, 6.45) is -4.75. The van der Waals surface area contributed by atoms with Crippen LogP contribution in [-0.4, -0.2) is 25.0 Å². The van der Waals surface area contributed by atoms with Crippen molar-refractivity contribution in [1.29, 1.82) is 5.26 Å². The molecule has 0 saturated carbocycles. The molecular weight excluding hydrogens is 373 g/mol. The Kier molecular flexibility index (Phi) is 6.77. The number of nitrogens with one attached hydrogen (secondary N) is 1. The van der Waals surface area contributed by atoms with E-state index in [4.69, 9.17) is 5.26 Å². The molecular formula is C20H17F3N2O3. The molecule has 0 fully saturated rings. The number of carbonyl (C=O) groups is 2. The summed E-state index contributed by atoms with van der Waals surface area (Å²) in [6, 6.07) is 11.9. The molecule has 0 aromatic heterocycles. The summed E-state index contributed by atoms with van der Waals surface area (Å²) in [5, 5.41) is 11.4. The third kappa shape index (κ3) is 5.84. The third-order valence-electron chi connectivity index (χ3n) is 3.94. The second kappa shape index (κ2) is 9.04. The number of nitrogens with zero attached hydrogens (tertiary/aromatic N) is 1. The van der Waals surface area contributed by atoms with E-state index >= 15 is 0 Å². The van der Waals surface area contributed by atoms with E-state index in [1.807, 2.05) is 6.07 Å². The van der Waals surface area contributed by atoms with Crippen LogP contribution in [0.25, 0.3) is 0 Å². The van der Waals surface area contributed by atoms with Crippen LogP contribution >= 0.6 is 0 Å². The van der Waals surface area contributed by atoms with Gasteiger partial charge in [-0.15, -0.1) is 0 Å². The lowest BCUT2D eigenvalue weighted by Gasteiger charge is -2.17. The Hall–Kier alpha value is -3.34. The number of rotatable bonds is 6. The smallest absolute Gasteiger partial charge is 0.416 e. The molecule has 28 heavy (non-hydrogen) atoms. The van der Waals surface area contributed by atoms with Crippen LogP contribution < -0.4 is 5.32 Å². The number of halogens is 3. The number of nitriles is 1. The van der Waals surface area contributed by atoms with Crippen molar-refractivity contribution >= 4 is 11.9 Å². The van der Waals surface area contributed by atoms with Crippen molar-refractivity contribution in [1.82, 2.24) is 5.32 Å². The van der Waals surface area contributed by atoms with Gasteiger partial charge in [-0.2, -0.15) is 18.4 Å². The van der Waals surface area contributed by atoms with Gasteiger partial charge in [0.1, 0.15) is 6.04 Å². The van der Waals surface area contributed by atoms with Crippen molar-refractivity contribution in [3.8, 4) is 6.07 Å². The molecule has 1 amide bonds. The van der Waals surface area contributed by atoms with Crippen molar-refractivity contribution in [2.45, 2.75) is 25.1 Å². The summed E-state index contributed by atoms with van der Waals surface area (Å²) < 4.78 is 43.0. The molecule has 0 aliphatic heterocycles. The number of hydrogen-bond donors (Lipinski definition) is 1. The van der Waals surface area contributed by atoms with Gasteiger partial charge in [0, 0.05) is 6.42 Å². The van der Waals surface area contributed by atoms with E-state index in [0.29, 0.717) is 11.1 Å². The fraction of sp³-hybridized carbons (Fsp3) is 0.250. The van der Waals surface area contributed by atoms with Gasteiger partial charge in [0.15, 0.2) is 0 Å². The summed E-state index contributed by atoms with van der Waals surface area (Å²) in [7, 11) is 1.17. The van der Waals surface area contributed by atoms with Crippen LogP contribution in [0.5, 0.6) is 0 Å². The molecule has 2 aromatic rings. The maximum absolute atomic E-state index is 12.8. The topological polar surface area (TPSA) is 79.2 Å². The molecule has 0 bridgehead atoms. The molecule has 1 atom stereocenters. The van der Waals surface area contributed by atoms with E-state index in [2.05, 4.69) is 10.1 Å². The first-order valence-corrected chi connectivity index (χ1v) is 8.25. The zero-order valence-corrected chi connectivity index (χ0v) is 14.9. The lowest BCUT2D eigenvalue weighted by atomic mass is 10.0. The number of esters is 1. The van der Waals surface area contributed by atoms with Crippen LogP contribution in [0.15, 0.2) is 48.5 Å². The fourth-order valence-electron chi connectivity index (χ4n) is 2.63. The van der Waals surface area contributed by atoms with Crippen LogP contribution in [-0.2, 0) is 33.3 Å². The zero-order valence-electron chi connectivity index (χ0n) is 14.9. The van der Waals surface area contributed by atoms with Gasteiger partial charge in [-0.25, -0.2) is 4.79 Å². The molecule has 0 radical (unpaired) electrons. The van der Waals surface area contributed by atoms with Gasteiger partial charge in [0.2, 0.25) is 5.91 Å². The van der Waals surface area contributed by atoms with Crippen LogP contribution in [0.2, 0.25) is 0 Å². The Balaban J connectivity index is 2.11. The predicted molar refractivity (Wildman–Crippen MR) is 94.0 cm³/mol. The van der Waals surface area contributed by atoms with Gasteiger partial charge in [0.25, 0.3) is 0 Å². The zero-order chi connectivity index (χ0) is 20.7. The first kappa shape index (κ1) is 21.0. The monoisotopic (exact) mass is 390 g/mol. The fourth-order valence-corrected chi connectivity index (χ4v) is 2.63. The SMILES string of the molecule is COC(=O)[C@@H](Cc1cccc(C#N)c1)NC(=O)Cc1cccc(C(F)(F)F)c1. The van der Waals surface area contributed by atoms with Crippen molar-refractivity contribution in [3.05, 3.63) is 70.8 Å². The molecule has 8 heteroatoms. The highest BCUT2D eigenvalue weighted by Crippen LogP contribution is 2.29. The Morgan fingerprint density at radius 2 is 1.82 bits per heavy atom. The maximum atomic E-state index is 12.8. The van der Waals surface area contributed by atoms with Gasteiger partial charge in [-0.3, -0.25) is 4.79 Å². The van der Waals surface area contributed by atoms with Gasteiger partial charge < -0.3 is 10.1 Å². The van der Waals surface area contributed by atoms with Crippen LogP contribution in [0.1, 0.15) is 22.3 Å². The minimum atomic E-state index is -4.51. The summed E-state index contributed by atoms with van der Waals surface area (Å²) in [5.74, 6) is -1.31. The standard InChI is InChI=1S/C20H17F3N2O3/c1-28-19(27)17(10-13-4-2-6-15(8-13)12-24)25-18(26)11-14-5-3-7-16(9-14)20(21,22)23/h2-9,17H,10-11H2,1H3,(H,25,26)/t17-/m1/s1. The molecule has 0 aliphatic rings. The lowest BCUT2D eigenvalue weighted by Crippen LogP contribution is -2.43. The van der Waals surface area contributed by atoms with Gasteiger partial charge >= 0.3 is 12.1 Å². The van der Waals surface area contributed by atoms with E-state index in [9.17, 15) is 22.8 Å². The molecule has 0 saturated heterocycles. The molecule has 146 valence electrons. The molecule has 1 N–H and O–H groups in total. The highest BCUT2D eigenvalue weighted by molar-refractivity contribution is 5.85. The molecule has 0 aliphatic carbocycles. The molecule has 2 rings (SSSR count). The first-order valence-electron chi connectivity index (χ1n) is 8.25. The Morgan fingerprint density at radius 3 is 2.46 bits per heavy atom. The predicted octanol–water partition coefficient (Wildman–Crippen LogP) is 3.02. The van der Waals surface area contributed by atoms with E-state index in [0.717, 1.165) is 12.1 Å². The number of amides is 1. The summed E-state index contributed by atoms with van der Waals surface area (Å²) in [5.41, 5.74) is 0.350. The summed E-state index contributed by atoms with van der Waals surface area (Å²) >= 11 is 0. The van der Waals surface area contributed by atoms with Gasteiger partial charge in [-0.05, 0) is 29.3 Å². The minimum absolute atomic E-state index is 0.0799. The Labute approximate surface area is 159 Å². The Bertz CT molecular complexity index is 904. The van der Waals surface area contributed by atoms with E-state index < -0.39 is 29.7 Å². The number of methoxy groups -OCH3 is 1. The number of benzene rings is 2. The molecule has 2 aromatic carbocycles. The maximum Gasteiger partial charge on any atom is 0.416 e. The average Bonchev–Trinajstić information content (AvgIpc) is 2.66. The second-order valence-corrected chi connectivity index (χ2v) is 6.03. The highest BCUT2D eigenvalue weighted by atomic mass is 19.4. The van der Waals surface area contributed by atoms with Crippen LogP contribution in [0.3, 0.4) is 0 Å². The van der Waals surface area contributed by atoms with Crippen molar-refractivity contribution in [2.75, 3.05) is 7.11 Å². The largest absolute Gasteiger partial charge is 0.467 e. The normalized spacial score (nSPS) is 12.0. The van der Waals surface area contributed by atoms with E-state index in [1.54, 1.807) is 24.3 Å². The number of ether oxygens (including phenoxy) is 1. The minimum Gasteiger partial charge on any atom is -0.467 e. The van der Waals surface area contributed by atoms with Crippen molar-refractivity contribution in [2.24, 2.45) is 0 Å². The van der Waals surface area contributed by atoms with E-state index in [1.165, 1.54) is 19.2 Å². The van der Waals surface area contributed by atoms with Crippen molar-refractivity contribution in [3.63, 3.8) is 0 Å². The highest BCUT2D eigenvalue weighted by Gasteiger charge is 2.30. The quantitative estimate of drug-likeness (QED) is 0.769. The third-order valence-corrected chi connectivity index (χ3v) is 3.94. The average molecular weight is 390 g/mol.